The van der Waals surface area contributed by atoms with Gasteiger partial charge in [0.1, 0.15) is 0 Å². The van der Waals surface area contributed by atoms with E-state index in [1.54, 1.807) is 0 Å². The number of aliphatic imine (C=N–C) groups is 1. The SMILES string of the molecule is CCN1CCN(CCCCN=C(N)Nc2ccc3c(c2)CCC3)CC1. The second-order valence-corrected chi connectivity index (χ2v) is 7.21. The number of fused-ring (bicyclic) bond motifs is 1. The lowest BCUT2D eigenvalue weighted by Crippen LogP contribution is -2.46. The van der Waals surface area contributed by atoms with Crippen LogP contribution in [0.25, 0.3) is 0 Å². The van der Waals surface area contributed by atoms with Gasteiger partial charge in [-0.25, -0.2) is 0 Å². The molecule has 5 nitrogen and oxygen atoms in total. The third-order valence-corrected chi connectivity index (χ3v) is 5.45. The highest BCUT2D eigenvalue weighted by atomic mass is 15.3. The molecule has 0 aromatic heterocycles. The third kappa shape index (κ3) is 5.44. The smallest absolute Gasteiger partial charge is 0.193 e. The molecule has 1 aliphatic carbocycles. The summed E-state index contributed by atoms with van der Waals surface area (Å²) < 4.78 is 0. The zero-order valence-corrected chi connectivity index (χ0v) is 15.6. The Morgan fingerprint density at radius 1 is 1.08 bits per heavy atom. The number of aryl methyl sites for hydroxylation is 2. The Kier molecular flexibility index (Phi) is 6.70. The Morgan fingerprint density at radius 2 is 1.84 bits per heavy atom. The molecule has 1 aliphatic heterocycles. The number of rotatable bonds is 7. The number of hydrogen-bond donors (Lipinski definition) is 2. The van der Waals surface area contributed by atoms with Gasteiger partial charge < -0.3 is 20.9 Å². The summed E-state index contributed by atoms with van der Waals surface area (Å²) in [5, 5.41) is 3.24. The molecule has 3 rings (SSSR count). The number of nitrogens with zero attached hydrogens (tertiary/aromatic N) is 3. The summed E-state index contributed by atoms with van der Waals surface area (Å²) in [7, 11) is 0. The van der Waals surface area contributed by atoms with E-state index in [0.717, 1.165) is 18.7 Å². The molecule has 1 saturated heterocycles. The fraction of sp³-hybridized carbons (Fsp3) is 0.650. The largest absolute Gasteiger partial charge is 0.370 e. The van der Waals surface area contributed by atoms with E-state index in [4.69, 9.17) is 5.73 Å². The van der Waals surface area contributed by atoms with Crippen LogP contribution in [-0.2, 0) is 12.8 Å². The average molecular weight is 344 g/mol. The average Bonchev–Trinajstić information content (AvgIpc) is 3.09. The number of likely N-dealkylation sites (N-methyl/N-ethyl adjacent to an activating group) is 1. The maximum absolute atomic E-state index is 6.03. The molecule has 5 heteroatoms. The van der Waals surface area contributed by atoms with Gasteiger partial charge in [-0.3, -0.25) is 4.99 Å². The number of anilines is 1. The van der Waals surface area contributed by atoms with Crippen molar-refractivity contribution in [2.45, 2.75) is 39.0 Å². The Hall–Kier alpha value is -1.59. The third-order valence-electron chi connectivity index (χ3n) is 5.45. The minimum atomic E-state index is 0.537. The zero-order valence-electron chi connectivity index (χ0n) is 15.6. The number of hydrogen-bond acceptors (Lipinski definition) is 3. The monoisotopic (exact) mass is 343 g/mol. The van der Waals surface area contributed by atoms with Crippen molar-refractivity contribution in [3.8, 4) is 0 Å². The first kappa shape index (κ1) is 18.2. The molecule has 3 N–H and O–H groups in total. The van der Waals surface area contributed by atoms with Crippen molar-refractivity contribution < 1.29 is 0 Å². The van der Waals surface area contributed by atoms with Crippen LogP contribution in [0.1, 0.15) is 37.3 Å². The van der Waals surface area contributed by atoms with Crippen molar-refractivity contribution in [2.75, 3.05) is 51.1 Å². The van der Waals surface area contributed by atoms with Crippen molar-refractivity contribution in [3.05, 3.63) is 29.3 Å². The van der Waals surface area contributed by atoms with E-state index >= 15 is 0 Å². The van der Waals surface area contributed by atoms with Crippen LogP contribution < -0.4 is 11.1 Å². The van der Waals surface area contributed by atoms with Crippen LogP contribution >= 0.6 is 0 Å². The molecule has 0 bridgehead atoms. The fourth-order valence-corrected chi connectivity index (χ4v) is 3.81. The minimum absolute atomic E-state index is 0.537. The molecular formula is C20H33N5. The van der Waals surface area contributed by atoms with Crippen molar-refractivity contribution in [3.63, 3.8) is 0 Å². The van der Waals surface area contributed by atoms with E-state index in [9.17, 15) is 0 Å². The Balaban J connectivity index is 1.32. The number of benzene rings is 1. The van der Waals surface area contributed by atoms with Gasteiger partial charge in [-0.1, -0.05) is 13.0 Å². The predicted molar refractivity (Wildman–Crippen MR) is 106 cm³/mol. The number of nitrogens with two attached hydrogens (primary N) is 1. The first-order valence-corrected chi connectivity index (χ1v) is 9.88. The van der Waals surface area contributed by atoms with Gasteiger partial charge >= 0.3 is 0 Å². The maximum Gasteiger partial charge on any atom is 0.193 e. The summed E-state index contributed by atoms with van der Waals surface area (Å²) in [6.07, 6.45) is 5.97. The van der Waals surface area contributed by atoms with Crippen LogP contribution in [0, 0.1) is 0 Å². The van der Waals surface area contributed by atoms with Gasteiger partial charge in [0.05, 0.1) is 0 Å². The molecule has 0 radical (unpaired) electrons. The van der Waals surface area contributed by atoms with Gasteiger partial charge in [-0.05, 0) is 68.5 Å². The molecule has 2 aliphatic rings. The van der Waals surface area contributed by atoms with Gasteiger partial charge in [0.15, 0.2) is 5.96 Å². The summed E-state index contributed by atoms with van der Waals surface area (Å²) in [6, 6.07) is 6.55. The molecule has 0 unspecified atom stereocenters. The van der Waals surface area contributed by atoms with E-state index in [1.807, 2.05) is 0 Å². The highest BCUT2D eigenvalue weighted by Gasteiger charge is 2.14. The number of piperazine rings is 1. The zero-order chi connectivity index (χ0) is 17.5. The maximum atomic E-state index is 6.03. The van der Waals surface area contributed by atoms with Gasteiger partial charge in [0.2, 0.25) is 0 Å². The van der Waals surface area contributed by atoms with E-state index in [2.05, 4.69) is 45.2 Å². The molecule has 0 amide bonds. The van der Waals surface area contributed by atoms with Crippen molar-refractivity contribution in [2.24, 2.45) is 10.7 Å². The summed E-state index contributed by atoms with van der Waals surface area (Å²) in [5.74, 6) is 0.537. The Morgan fingerprint density at radius 3 is 2.64 bits per heavy atom. The quantitative estimate of drug-likeness (QED) is 0.453. The second-order valence-electron chi connectivity index (χ2n) is 7.21. The summed E-state index contributed by atoms with van der Waals surface area (Å²) in [6.45, 7) is 10.3. The van der Waals surface area contributed by atoms with Crippen LogP contribution in [-0.4, -0.2) is 61.6 Å². The molecule has 25 heavy (non-hydrogen) atoms. The second kappa shape index (κ2) is 9.20. The number of guanidine groups is 1. The lowest BCUT2D eigenvalue weighted by atomic mass is 10.1. The lowest BCUT2D eigenvalue weighted by Gasteiger charge is -2.33. The summed E-state index contributed by atoms with van der Waals surface area (Å²) in [5.41, 5.74) is 10.0. The van der Waals surface area contributed by atoms with Crippen LogP contribution in [0.4, 0.5) is 5.69 Å². The molecule has 1 aromatic rings. The first-order valence-electron chi connectivity index (χ1n) is 9.88. The molecule has 1 heterocycles. The fourth-order valence-electron chi connectivity index (χ4n) is 3.81. The lowest BCUT2D eigenvalue weighted by molar-refractivity contribution is 0.136. The normalized spacial score (nSPS) is 19.2. The number of unbranched alkanes of at least 4 members (excludes halogenated alkanes) is 1. The van der Waals surface area contributed by atoms with Crippen molar-refractivity contribution in [1.29, 1.82) is 0 Å². The molecule has 1 fully saturated rings. The number of nitrogens with one attached hydrogen (secondary N) is 1. The van der Waals surface area contributed by atoms with E-state index in [1.165, 1.54) is 76.1 Å². The minimum Gasteiger partial charge on any atom is -0.370 e. The molecule has 0 spiro atoms. The van der Waals surface area contributed by atoms with Crippen molar-refractivity contribution >= 4 is 11.6 Å². The van der Waals surface area contributed by atoms with Gasteiger partial charge in [-0.15, -0.1) is 0 Å². The molecular weight excluding hydrogens is 310 g/mol. The van der Waals surface area contributed by atoms with Crippen LogP contribution in [0.15, 0.2) is 23.2 Å². The Labute approximate surface area is 152 Å². The molecule has 0 saturated carbocycles. The molecule has 0 atom stereocenters. The molecule has 138 valence electrons. The van der Waals surface area contributed by atoms with E-state index < -0.39 is 0 Å². The van der Waals surface area contributed by atoms with Gasteiger partial charge in [-0.2, -0.15) is 0 Å². The van der Waals surface area contributed by atoms with E-state index in [-0.39, 0.29) is 0 Å². The highest BCUT2D eigenvalue weighted by Crippen LogP contribution is 2.24. The van der Waals surface area contributed by atoms with Gasteiger partial charge in [0.25, 0.3) is 0 Å². The van der Waals surface area contributed by atoms with Crippen LogP contribution in [0.2, 0.25) is 0 Å². The Bertz CT molecular complexity index is 575. The van der Waals surface area contributed by atoms with Crippen molar-refractivity contribution in [1.82, 2.24) is 9.80 Å². The highest BCUT2D eigenvalue weighted by molar-refractivity contribution is 5.92. The predicted octanol–water partition coefficient (Wildman–Crippen LogP) is 2.32. The van der Waals surface area contributed by atoms with E-state index in [0.29, 0.717) is 5.96 Å². The van der Waals surface area contributed by atoms with Crippen LogP contribution in [0.5, 0.6) is 0 Å². The van der Waals surface area contributed by atoms with Crippen LogP contribution in [0.3, 0.4) is 0 Å². The summed E-state index contributed by atoms with van der Waals surface area (Å²) >= 11 is 0. The standard InChI is InChI=1S/C20H33N5/c1-2-24-12-14-25(15-13-24)11-4-3-10-22-20(21)23-19-9-8-17-6-5-7-18(17)16-19/h8-9,16H,2-7,10-15H2,1H3,(H3,21,22,23). The van der Waals surface area contributed by atoms with Gasteiger partial charge in [0, 0.05) is 38.4 Å². The summed E-state index contributed by atoms with van der Waals surface area (Å²) in [4.78, 5) is 9.57. The topological polar surface area (TPSA) is 56.9 Å². The molecule has 1 aromatic carbocycles. The first-order chi connectivity index (χ1) is 12.2.